The van der Waals surface area contributed by atoms with Crippen molar-refractivity contribution in [1.82, 2.24) is 14.8 Å². The fourth-order valence-corrected chi connectivity index (χ4v) is 5.69. The number of carbonyl (C=O) groups excluding carboxylic acids is 1. The monoisotopic (exact) mass is 456 g/mol. The van der Waals surface area contributed by atoms with Crippen molar-refractivity contribution in [1.29, 1.82) is 0 Å². The number of carbonyl (C=O) groups is 1. The number of nitrogens with zero attached hydrogens (tertiary/aromatic N) is 3. The Kier molecular flexibility index (Phi) is 5.87. The quantitative estimate of drug-likeness (QED) is 0.467. The number of nitrogens with two attached hydrogens (primary N) is 1. The van der Waals surface area contributed by atoms with Crippen molar-refractivity contribution in [3.63, 3.8) is 0 Å². The summed E-state index contributed by atoms with van der Waals surface area (Å²) in [5, 5.41) is 0.887. The minimum Gasteiger partial charge on any atom is -0.397 e. The van der Waals surface area contributed by atoms with Gasteiger partial charge < -0.3 is 10.6 Å². The van der Waals surface area contributed by atoms with Gasteiger partial charge in [-0.15, -0.1) is 11.3 Å². The van der Waals surface area contributed by atoms with Crippen LogP contribution < -0.4 is 5.73 Å². The Labute approximate surface area is 198 Å². The van der Waals surface area contributed by atoms with Gasteiger partial charge in [-0.3, -0.25) is 9.69 Å². The molecule has 6 heteroatoms. The van der Waals surface area contributed by atoms with Crippen LogP contribution in [0.5, 0.6) is 0 Å². The molecule has 1 aliphatic heterocycles. The molecule has 1 aliphatic rings. The molecular formula is C27H28N4OS. The van der Waals surface area contributed by atoms with E-state index in [4.69, 9.17) is 5.73 Å². The van der Waals surface area contributed by atoms with E-state index in [1.807, 2.05) is 24.8 Å². The zero-order valence-corrected chi connectivity index (χ0v) is 19.8. The van der Waals surface area contributed by atoms with Crippen molar-refractivity contribution in [2.24, 2.45) is 0 Å². The van der Waals surface area contributed by atoms with Gasteiger partial charge in [0.15, 0.2) is 0 Å². The number of pyridine rings is 1. The van der Waals surface area contributed by atoms with E-state index in [2.05, 4.69) is 70.5 Å². The van der Waals surface area contributed by atoms with Gasteiger partial charge in [-0.1, -0.05) is 60.7 Å². The zero-order chi connectivity index (χ0) is 22.9. The molecule has 0 aliphatic carbocycles. The molecule has 4 aromatic rings. The molecule has 168 valence electrons. The number of thiophene rings is 1. The van der Waals surface area contributed by atoms with E-state index in [-0.39, 0.29) is 11.9 Å². The van der Waals surface area contributed by atoms with Crippen LogP contribution in [0.4, 0.5) is 5.69 Å². The van der Waals surface area contributed by atoms with E-state index in [1.54, 1.807) is 0 Å². The first kappa shape index (κ1) is 21.6. The number of hydrogen-bond donors (Lipinski definition) is 1. The standard InChI is InChI=1S/C27H28N4OS/c1-18-17-22-23(28)25(33-26(22)29-19(18)2)27(32)31-15-13-30(14-16-31)24(20-9-5-3-6-10-20)21-11-7-4-8-12-21/h3-12,17,24H,13-16,28H2,1-2H3. The molecule has 2 N–H and O–H groups in total. The first-order valence-corrected chi connectivity index (χ1v) is 12.1. The molecule has 33 heavy (non-hydrogen) atoms. The highest BCUT2D eigenvalue weighted by atomic mass is 32.1. The van der Waals surface area contributed by atoms with E-state index in [0.29, 0.717) is 23.7 Å². The van der Waals surface area contributed by atoms with E-state index >= 15 is 0 Å². The second-order valence-electron chi connectivity index (χ2n) is 8.64. The van der Waals surface area contributed by atoms with E-state index in [1.165, 1.54) is 22.5 Å². The molecule has 1 amide bonds. The first-order valence-electron chi connectivity index (χ1n) is 11.3. The Balaban J connectivity index is 1.36. The van der Waals surface area contributed by atoms with Crippen LogP contribution in [-0.4, -0.2) is 46.9 Å². The molecule has 2 aromatic carbocycles. The summed E-state index contributed by atoms with van der Waals surface area (Å²) in [5.74, 6) is 0.0152. The van der Waals surface area contributed by atoms with Gasteiger partial charge in [-0.25, -0.2) is 4.98 Å². The number of aryl methyl sites for hydroxylation is 2. The lowest BCUT2D eigenvalue weighted by atomic mass is 9.96. The van der Waals surface area contributed by atoms with Crippen LogP contribution in [0.1, 0.15) is 38.1 Å². The van der Waals surface area contributed by atoms with E-state index in [9.17, 15) is 4.79 Å². The summed E-state index contributed by atoms with van der Waals surface area (Å²) >= 11 is 1.41. The van der Waals surface area contributed by atoms with E-state index < -0.39 is 0 Å². The molecule has 0 saturated carbocycles. The second-order valence-corrected chi connectivity index (χ2v) is 9.64. The summed E-state index contributed by atoms with van der Waals surface area (Å²) in [6.45, 7) is 6.97. The maximum Gasteiger partial charge on any atom is 0.266 e. The van der Waals surface area contributed by atoms with Crippen LogP contribution in [-0.2, 0) is 0 Å². The van der Waals surface area contributed by atoms with Crippen LogP contribution in [0, 0.1) is 13.8 Å². The Bertz CT molecular complexity index is 1240. The Morgan fingerprint density at radius 2 is 1.52 bits per heavy atom. The number of amides is 1. The lowest BCUT2D eigenvalue weighted by Crippen LogP contribution is -2.49. The molecule has 2 aromatic heterocycles. The summed E-state index contributed by atoms with van der Waals surface area (Å²) in [7, 11) is 0. The molecule has 0 atom stereocenters. The number of nitrogen functional groups attached to an aromatic ring is 1. The Morgan fingerprint density at radius 3 is 2.09 bits per heavy atom. The Hall–Kier alpha value is -3.22. The van der Waals surface area contributed by atoms with Gasteiger partial charge in [0.1, 0.15) is 9.71 Å². The Morgan fingerprint density at radius 1 is 0.939 bits per heavy atom. The minimum absolute atomic E-state index is 0.0152. The maximum absolute atomic E-state index is 13.4. The molecule has 5 nitrogen and oxygen atoms in total. The summed E-state index contributed by atoms with van der Waals surface area (Å²) in [6.07, 6.45) is 0. The van der Waals surface area contributed by atoms with Gasteiger partial charge in [0.05, 0.1) is 11.7 Å². The SMILES string of the molecule is Cc1cc2c(N)c(C(=O)N3CCN(C(c4ccccc4)c4ccccc4)CC3)sc2nc1C. The fraction of sp³-hybridized carbons (Fsp3) is 0.259. The third kappa shape index (κ3) is 4.12. The molecule has 1 fully saturated rings. The normalized spacial score (nSPS) is 14.8. The lowest BCUT2D eigenvalue weighted by molar-refractivity contribution is 0.0603. The van der Waals surface area contributed by atoms with Crippen molar-refractivity contribution < 1.29 is 4.79 Å². The highest BCUT2D eigenvalue weighted by Gasteiger charge is 2.30. The zero-order valence-electron chi connectivity index (χ0n) is 19.0. The van der Waals surface area contributed by atoms with Crippen LogP contribution in [0.3, 0.4) is 0 Å². The summed E-state index contributed by atoms with van der Waals surface area (Å²) < 4.78 is 0. The summed E-state index contributed by atoms with van der Waals surface area (Å²) in [4.78, 5) is 23.9. The predicted molar refractivity (Wildman–Crippen MR) is 136 cm³/mol. The molecule has 0 bridgehead atoms. The van der Waals surface area contributed by atoms with Crippen molar-refractivity contribution >= 4 is 33.1 Å². The van der Waals surface area contributed by atoms with E-state index in [0.717, 1.165) is 34.6 Å². The third-order valence-corrected chi connectivity index (χ3v) is 7.66. The van der Waals surface area contributed by atoms with Crippen molar-refractivity contribution in [3.05, 3.63) is 94.0 Å². The number of anilines is 1. The third-order valence-electron chi connectivity index (χ3n) is 6.56. The lowest BCUT2D eigenvalue weighted by Gasteiger charge is -2.39. The number of piperazine rings is 1. The first-order chi connectivity index (χ1) is 16.0. The molecule has 0 unspecified atom stereocenters. The molecule has 1 saturated heterocycles. The number of rotatable bonds is 4. The van der Waals surface area contributed by atoms with Crippen LogP contribution in [0.25, 0.3) is 10.2 Å². The van der Waals surface area contributed by atoms with Crippen LogP contribution in [0.15, 0.2) is 66.7 Å². The average Bonchev–Trinajstić information content (AvgIpc) is 3.16. The van der Waals surface area contributed by atoms with Gasteiger partial charge in [-0.2, -0.15) is 0 Å². The van der Waals surface area contributed by atoms with Gasteiger partial charge in [0, 0.05) is 37.3 Å². The van der Waals surface area contributed by atoms with Crippen LogP contribution in [0.2, 0.25) is 0 Å². The van der Waals surface area contributed by atoms with Crippen molar-refractivity contribution in [3.8, 4) is 0 Å². The number of aromatic nitrogens is 1. The predicted octanol–water partition coefficient (Wildman–Crippen LogP) is 5.04. The second kappa shape index (κ2) is 8.96. The largest absolute Gasteiger partial charge is 0.397 e. The van der Waals surface area contributed by atoms with Gasteiger partial charge in [-0.05, 0) is 36.6 Å². The van der Waals surface area contributed by atoms with Gasteiger partial charge >= 0.3 is 0 Å². The molecular weight excluding hydrogens is 428 g/mol. The topological polar surface area (TPSA) is 62.5 Å². The summed E-state index contributed by atoms with van der Waals surface area (Å²) in [6, 6.07) is 23.4. The smallest absolute Gasteiger partial charge is 0.266 e. The average molecular weight is 457 g/mol. The highest BCUT2D eigenvalue weighted by molar-refractivity contribution is 7.21. The molecule has 3 heterocycles. The van der Waals surface area contributed by atoms with Crippen molar-refractivity contribution in [2.75, 3.05) is 31.9 Å². The fourth-order valence-electron chi connectivity index (χ4n) is 4.60. The number of benzene rings is 2. The highest BCUT2D eigenvalue weighted by Crippen LogP contribution is 2.35. The molecule has 0 spiro atoms. The summed E-state index contributed by atoms with van der Waals surface area (Å²) in [5.41, 5.74) is 11.6. The number of fused-ring (bicyclic) bond motifs is 1. The van der Waals surface area contributed by atoms with Gasteiger partial charge in [0.2, 0.25) is 0 Å². The van der Waals surface area contributed by atoms with Crippen LogP contribution >= 0.6 is 11.3 Å². The maximum atomic E-state index is 13.4. The number of hydrogen-bond acceptors (Lipinski definition) is 5. The van der Waals surface area contributed by atoms with Crippen molar-refractivity contribution in [2.45, 2.75) is 19.9 Å². The van der Waals surface area contributed by atoms with Gasteiger partial charge in [0.25, 0.3) is 5.91 Å². The minimum atomic E-state index is 0.0152. The molecule has 0 radical (unpaired) electrons. The molecule has 5 rings (SSSR count).